The molecule has 1 heterocycles. The maximum atomic E-state index is 11.6. The number of rotatable bonds is 2. The molecule has 0 aromatic rings. The van der Waals surface area contributed by atoms with E-state index in [0.717, 1.165) is 0 Å². The van der Waals surface area contributed by atoms with Gasteiger partial charge in [0.05, 0.1) is 6.26 Å². The van der Waals surface area contributed by atoms with E-state index in [0.29, 0.717) is 26.2 Å². The van der Waals surface area contributed by atoms with E-state index in [-0.39, 0.29) is 11.8 Å². The van der Waals surface area contributed by atoms with E-state index in [4.69, 9.17) is 0 Å². The van der Waals surface area contributed by atoms with Crippen LogP contribution in [0.3, 0.4) is 0 Å². The van der Waals surface area contributed by atoms with E-state index in [2.05, 4.69) is 0 Å². The van der Waals surface area contributed by atoms with Gasteiger partial charge >= 0.3 is 0 Å². The van der Waals surface area contributed by atoms with Crippen LogP contribution in [0.1, 0.15) is 13.8 Å². The summed E-state index contributed by atoms with van der Waals surface area (Å²) in [6.45, 7) is 5.54. The van der Waals surface area contributed by atoms with Gasteiger partial charge in [-0.3, -0.25) is 4.79 Å². The summed E-state index contributed by atoms with van der Waals surface area (Å²) in [6.07, 6.45) is 1.20. The zero-order valence-electron chi connectivity index (χ0n) is 9.43. The summed E-state index contributed by atoms with van der Waals surface area (Å²) < 4.78 is 23.9. The van der Waals surface area contributed by atoms with Crippen molar-refractivity contribution < 1.29 is 13.2 Å². The third-order valence-electron chi connectivity index (χ3n) is 2.51. The summed E-state index contributed by atoms with van der Waals surface area (Å²) in [5, 5.41) is 0. The van der Waals surface area contributed by atoms with Crippen LogP contribution in [0, 0.1) is 5.92 Å². The standard InChI is InChI=1S/C9H18N2O3S/c1-8(2)9(12)10-4-6-11(7-5-10)15(3,13)14/h8H,4-7H2,1-3H3. The molecule has 88 valence electrons. The number of sulfonamides is 1. The predicted octanol–water partition coefficient (Wildman–Crippen LogP) is -0.254. The third kappa shape index (κ3) is 3.17. The molecule has 0 spiro atoms. The number of amides is 1. The molecule has 1 aliphatic heterocycles. The van der Waals surface area contributed by atoms with Gasteiger partial charge in [0.1, 0.15) is 0 Å². The lowest BCUT2D eigenvalue weighted by atomic mass is 10.2. The Morgan fingerprint density at radius 2 is 1.60 bits per heavy atom. The molecule has 1 aliphatic rings. The fraction of sp³-hybridized carbons (Fsp3) is 0.889. The lowest BCUT2D eigenvalue weighted by molar-refractivity contribution is -0.135. The van der Waals surface area contributed by atoms with Gasteiger partial charge < -0.3 is 4.90 Å². The zero-order valence-corrected chi connectivity index (χ0v) is 10.2. The predicted molar refractivity (Wildman–Crippen MR) is 57.8 cm³/mol. The van der Waals surface area contributed by atoms with Crippen molar-refractivity contribution in [1.82, 2.24) is 9.21 Å². The maximum absolute atomic E-state index is 11.6. The summed E-state index contributed by atoms with van der Waals surface area (Å²) in [5.74, 6) is 0.0814. The summed E-state index contributed by atoms with van der Waals surface area (Å²) in [4.78, 5) is 13.3. The fourth-order valence-electron chi connectivity index (χ4n) is 1.61. The van der Waals surface area contributed by atoms with Gasteiger partial charge in [-0.2, -0.15) is 4.31 Å². The van der Waals surface area contributed by atoms with Crippen LogP contribution in [0.2, 0.25) is 0 Å². The van der Waals surface area contributed by atoms with E-state index in [1.807, 2.05) is 13.8 Å². The van der Waals surface area contributed by atoms with Crippen molar-refractivity contribution >= 4 is 15.9 Å². The van der Waals surface area contributed by atoms with Crippen molar-refractivity contribution in [3.63, 3.8) is 0 Å². The van der Waals surface area contributed by atoms with Crippen LogP contribution in [0.15, 0.2) is 0 Å². The Hall–Kier alpha value is -0.620. The number of piperazine rings is 1. The summed E-state index contributed by atoms with van der Waals surface area (Å²) in [6, 6.07) is 0. The fourth-order valence-corrected chi connectivity index (χ4v) is 2.43. The lowest BCUT2D eigenvalue weighted by Gasteiger charge is -2.34. The molecule has 1 fully saturated rings. The summed E-state index contributed by atoms with van der Waals surface area (Å²) >= 11 is 0. The van der Waals surface area contributed by atoms with Crippen molar-refractivity contribution in [2.75, 3.05) is 32.4 Å². The van der Waals surface area contributed by atoms with Gasteiger partial charge in [-0.25, -0.2) is 8.42 Å². The Morgan fingerprint density at radius 1 is 1.13 bits per heavy atom. The van der Waals surface area contributed by atoms with Crippen molar-refractivity contribution in [3.05, 3.63) is 0 Å². The molecule has 0 unspecified atom stereocenters. The van der Waals surface area contributed by atoms with Gasteiger partial charge in [0.2, 0.25) is 15.9 Å². The van der Waals surface area contributed by atoms with Gasteiger partial charge in [-0.05, 0) is 0 Å². The number of carbonyl (C=O) groups is 1. The normalized spacial score (nSPS) is 19.6. The Labute approximate surface area is 91.1 Å². The number of carbonyl (C=O) groups excluding carboxylic acids is 1. The first-order valence-corrected chi connectivity index (χ1v) is 6.91. The van der Waals surface area contributed by atoms with E-state index in [9.17, 15) is 13.2 Å². The van der Waals surface area contributed by atoms with Crippen LogP contribution < -0.4 is 0 Å². The average molecular weight is 234 g/mol. The zero-order chi connectivity index (χ0) is 11.6. The van der Waals surface area contributed by atoms with Crippen molar-refractivity contribution in [1.29, 1.82) is 0 Å². The largest absolute Gasteiger partial charge is 0.340 e. The Morgan fingerprint density at radius 3 is 1.93 bits per heavy atom. The highest BCUT2D eigenvalue weighted by molar-refractivity contribution is 7.88. The lowest BCUT2D eigenvalue weighted by Crippen LogP contribution is -2.51. The molecular weight excluding hydrogens is 216 g/mol. The second kappa shape index (κ2) is 4.49. The summed E-state index contributed by atoms with van der Waals surface area (Å²) in [7, 11) is -3.10. The van der Waals surface area contributed by atoms with Gasteiger partial charge in [0, 0.05) is 32.1 Å². The molecule has 0 aromatic heterocycles. The SMILES string of the molecule is CC(C)C(=O)N1CCN(S(C)(=O)=O)CC1. The van der Waals surface area contributed by atoms with Crippen LogP contribution in [-0.2, 0) is 14.8 Å². The molecule has 0 saturated carbocycles. The molecule has 0 bridgehead atoms. The second-order valence-corrected chi connectivity index (χ2v) is 6.12. The minimum absolute atomic E-state index is 0.0187. The molecule has 6 heteroatoms. The van der Waals surface area contributed by atoms with Crippen molar-refractivity contribution in [3.8, 4) is 0 Å². The van der Waals surface area contributed by atoms with E-state index in [1.165, 1.54) is 10.6 Å². The first-order valence-electron chi connectivity index (χ1n) is 5.06. The van der Waals surface area contributed by atoms with Crippen LogP contribution in [0.4, 0.5) is 0 Å². The van der Waals surface area contributed by atoms with Gasteiger partial charge in [-0.15, -0.1) is 0 Å². The van der Waals surface area contributed by atoms with Crippen LogP contribution in [0.5, 0.6) is 0 Å². The molecule has 0 aromatic carbocycles. The molecule has 1 saturated heterocycles. The second-order valence-electron chi connectivity index (χ2n) is 4.14. The van der Waals surface area contributed by atoms with Gasteiger partial charge in [-0.1, -0.05) is 13.8 Å². The number of hydrogen-bond acceptors (Lipinski definition) is 3. The Kier molecular flexibility index (Phi) is 3.72. The molecule has 15 heavy (non-hydrogen) atoms. The smallest absolute Gasteiger partial charge is 0.225 e. The monoisotopic (exact) mass is 234 g/mol. The van der Waals surface area contributed by atoms with E-state index in [1.54, 1.807) is 4.90 Å². The van der Waals surface area contributed by atoms with Crippen molar-refractivity contribution in [2.45, 2.75) is 13.8 Å². The molecule has 0 N–H and O–H groups in total. The number of nitrogens with zero attached hydrogens (tertiary/aromatic N) is 2. The highest BCUT2D eigenvalue weighted by Gasteiger charge is 2.26. The van der Waals surface area contributed by atoms with Crippen LogP contribution >= 0.6 is 0 Å². The average Bonchev–Trinajstić information content (AvgIpc) is 2.15. The molecule has 5 nitrogen and oxygen atoms in total. The molecule has 1 amide bonds. The Bertz CT molecular complexity index is 329. The van der Waals surface area contributed by atoms with Gasteiger partial charge in [0.15, 0.2) is 0 Å². The quantitative estimate of drug-likeness (QED) is 0.662. The third-order valence-corrected chi connectivity index (χ3v) is 3.82. The first-order chi connectivity index (χ1) is 6.82. The Balaban J connectivity index is 2.53. The topological polar surface area (TPSA) is 57.7 Å². The van der Waals surface area contributed by atoms with E-state index >= 15 is 0 Å². The molecule has 0 aliphatic carbocycles. The minimum Gasteiger partial charge on any atom is -0.340 e. The highest BCUT2D eigenvalue weighted by Crippen LogP contribution is 2.09. The molecular formula is C9H18N2O3S. The molecule has 1 rings (SSSR count). The molecule has 0 radical (unpaired) electrons. The first kappa shape index (κ1) is 12.4. The number of hydrogen-bond donors (Lipinski definition) is 0. The van der Waals surface area contributed by atoms with Crippen LogP contribution in [0.25, 0.3) is 0 Å². The van der Waals surface area contributed by atoms with Crippen LogP contribution in [-0.4, -0.2) is 56.0 Å². The van der Waals surface area contributed by atoms with Gasteiger partial charge in [0.25, 0.3) is 0 Å². The highest BCUT2D eigenvalue weighted by atomic mass is 32.2. The maximum Gasteiger partial charge on any atom is 0.225 e. The summed E-state index contributed by atoms with van der Waals surface area (Å²) in [5.41, 5.74) is 0. The molecule has 0 atom stereocenters. The van der Waals surface area contributed by atoms with Crippen molar-refractivity contribution in [2.24, 2.45) is 5.92 Å². The van der Waals surface area contributed by atoms with E-state index < -0.39 is 10.0 Å². The minimum atomic E-state index is -3.10.